The van der Waals surface area contributed by atoms with Gasteiger partial charge >= 0.3 is 0 Å². The van der Waals surface area contributed by atoms with Gasteiger partial charge in [0.2, 0.25) is 0 Å². The standard InChI is InChI=1S/C17H22ClNS2/c1-2-12-6-3-4-7-13(12)19-17(14-8-5-11-20-14)15-9-10-16(18)21-15/h5,8-13,17,19H,2-4,6-7H2,1H3. The van der Waals surface area contributed by atoms with E-state index in [0.717, 1.165) is 10.3 Å². The molecule has 0 aliphatic heterocycles. The van der Waals surface area contributed by atoms with Crippen LogP contribution in [0.2, 0.25) is 4.34 Å². The van der Waals surface area contributed by atoms with Crippen molar-refractivity contribution in [1.29, 1.82) is 0 Å². The molecule has 1 saturated carbocycles. The molecule has 4 heteroatoms. The van der Waals surface area contributed by atoms with Crippen molar-refractivity contribution in [1.82, 2.24) is 5.32 Å². The Hall–Kier alpha value is -0.350. The number of rotatable bonds is 5. The van der Waals surface area contributed by atoms with Crippen molar-refractivity contribution in [3.8, 4) is 0 Å². The summed E-state index contributed by atoms with van der Waals surface area (Å²) in [5, 5.41) is 6.12. The van der Waals surface area contributed by atoms with Gasteiger partial charge in [0.15, 0.2) is 0 Å². The Bertz CT molecular complexity index is 549. The summed E-state index contributed by atoms with van der Waals surface area (Å²) >= 11 is 9.69. The SMILES string of the molecule is CCC1CCCCC1NC(c1cccs1)c1ccc(Cl)s1. The molecule has 0 amide bonds. The van der Waals surface area contributed by atoms with Crippen LogP contribution in [-0.2, 0) is 0 Å². The molecule has 0 spiro atoms. The second-order valence-electron chi connectivity index (χ2n) is 5.82. The monoisotopic (exact) mass is 339 g/mol. The van der Waals surface area contributed by atoms with E-state index in [1.165, 1.54) is 41.9 Å². The molecule has 3 unspecified atom stereocenters. The number of halogens is 1. The third-order valence-electron chi connectivity index (χ3n) is 4.52. The van der Waals surface area contributed by atoms with Gasteiger partial charge in [0.25, 0.3) is 0 Å². The maximum Gasteiger partial charge on any atom is 0.0931 e. The van der Waals surface area contributed by atoms with E-state index in [-0.39, 0.29) is 0 Å². The van der Waals surface area contributed by atoms with Crippen molar-refractivity contribution < 1.29 is 0 Å². The first kappa shape index (κ1) is 15.5. The minimum Gasteiger partial charge on any atom is -0.302 e. The fourth-order valence-electron chi connectivity index (χ4n) is 3.37. The lowest BCUT2D eigenvalue weighted by molar-refractivity contribution is 0.246. The van der Waals surface area contributed by atoms with Crippen molar-refractivity contribution in [2.75, 3.05) is 0 Å². The van der Waals surface area contributed by atoms with E-state index in [1.54, 1.807) is 11.3 Å². The average molecular weight is 340 g/mol. The van der Waals surface area contributed by atoms with Gasteiger partial charge in [-0.1, -0.05) is 43.9 Å². The van der Waals surface area contributed by atoms with E-state index in [2.05, 4.69) is 35.8 Å². The molecule has 1 fully saturated rings. The molecule has 1 aliphatic rings. The van der Waals surface area contributed by atoms with Crippen LogP contribution >= 0.6 is 34.3 Å². The van der Waals surface area contributed by atoms with E-state index in [1.807, 2.05) is 17.4 Å². The molecule has 0 bridgehead atoms. The van der Waals surface area contributed by atoms with Crippen molar-refractivity contribution in [3.05, 3.63) is 43.7 Å². The number of hydrogen-bond acceptors (Lipinski definition) is 3. The fraction of sp³-hybridized carbons (Fsp3) is 0.529. The van der Waals surface area contributed by atoms with Gasteiger partial charge in [-0.2, -0.15) is 0 Å². The molecular formula is C17H22ClNS2. The highest BCUT2D eigenvalue weighted by Gasteiger charge is 2.28. The molecule has 21 heavy (non-hydrogen) atoms. The van der Waals surface area contributed by atoms with E-state index >= 15 is 0 Å². The van der Waals surface area contributed by atoms with Crippen LogP contribution in [0, 0.1) is 5.92 Å². The summed E-state index contributed by atoms with van der Waals surface area (Å²) < 4.78 is 0.879. The third-order valence-corrected chi connectivity index (χ3v) is 6.75. The Kier molecular flexibility index (Phi) is 5.38. The topological polar surface area (TPSA) is 12.0 Å². The van der Waals surface area contributed by atoms with Crippen LogP contribution in [0.3, 0.4) is 0 Å². The molecule has 1 N–H and O–H groups in total. The number of nitrogens with one attached hydrogen (secondary N) is 1. The lowest BCUT2D eigenvalue weighted by atomic mass is 9.82. The quantitative estimate of drug-likeness (QED) is 0.692. The maximum atomic E-state index is 6.16. The van der Waals surface area contributed by atoms with Crippen LogP contribution < -0.4 is 5.32 Å². The highest BCUT2D eigenvalue weighted by Crippen LogP contribution is 2.36. The van der Waals surface area contributed by atoms with Gasteiger partial charge in [-0.25, -0.2) is 0 Å². The molecule has 2 heterocycles. The zero-order valence-electron chi connectivity index (χ0n) is 12.3. The molecule has 1 aliphatic carbocycles. The van der Waals surface area contributed by atoms with E-state index < -0.39 is 0 Å². The summed E-state index contributed by atoms with van der Waals surface area (Å²) in [6.45, 7) is 2.33. The average Bonchev–Trinajstić information content (AvgIpc) is 3.17. The van der Waals surface area contributed by atoms with Crippen molar-refractivity contribution >= 4 is 34.3 Å². The second kappa shape index (κ2) is 7.28. The van der Waals surface area contributed by atoms with Gasteiger partial charge in [0, 0.05) is 15.8 Å². The van der Waals surface area contributed by atoms with Crippen LogP contribution in [0.4, 0.5) is 0 Å². The summed E-state index contributed by atoms with van der Waals surface area (Å²) in [7, 11) is 0. The van der Waals surface area contributed by atoms with Gasteiger partial charge in [0.1, 0.15) is 0 Å². The van der Waals surface area contributed by atoms with E-state index in [0.29, 0.717) is 12.1 Å². The van der Waals surface area contributed by atoms with Crippen molar-refractivity contribution in [2.45, 2.75) is 51.1 Å². The molecule has 0 radical (unpaired) electrons. The predicted octanol–water partition coefficient (Wildman–Crippen LogP) is 6.11. The summed E-state index contributed by atoms with van der Waals surface area (Å²) in [6.07, 6.45) is 6.71. The lowest BCUT2D eigenvalue weighted by Crippen LogP contribution is -2.40. The largest absolute Gasteiger partial charge is 0.302 e. The van der Waals surface area contributed by atoms with E-state index in [4.69, 9.17) is 11.6 Å². The van der Waals surface area contributed by atoms with Gasteiger partial charge in [-0.15, -0.1) is 22.7 Å². The molecule has 3 atom stereocenters. The second-order valence-corrected chi connectivity index (χ2v) is 8.54. The Morgan fingerprint density at radius 1 is 1.24 bits per heavy atom. The lowest BCUT2D eigenvalue weighted by Gasteiger charge is -2.34. The van der Waals surface area contributed by atoms with Crippen LogP contribution in [0.1, 0.15) is 54.8 Å². The fourth-order valence-corrected chi connectivity index (χ4v) is 5.39. The van der Waals surface area contributed by atoms with Crippen LogP contribution in [0.15, 0.2) is 29.6 Å². The first-order valence-corrected chi connectivity index (χ1v) is 9.90. The Morgan fingerprint density at radius 3 is 2.76 bits per heavy atom. The van der Waals surface area contributed by atoms with Crippen molar-refractivity contribution in [2.24, 2.45) is 5.92 Å². The predicted molar refractivity (Wildman–Crippen MR) is 94.7 cm³/mol. The molecular weight excluding hydrogens is 318 g/mol. The zero-order chi connectivity index (χ0) is 14.7. The van der Waals surface area contributed by atoms with Gasteiger partial charge in [-0.05, 0) is 42.3 Å². The zero-order valence-corrected chi connectivity index (χ0v) is 14.7. The normalized spacial score (nSPS) is 24.1. The van der Waals surface area contributed by atoms with Crippen LogP contribution in [0.5, 0.6) is 0 Å². The van der Waals surface area contributed by atoms with Crippen LogP contribution in [-0.4, -0.2) is 6.04 Å². The Labute approximate surface area is 140 Å². The summed E-state index contributed by atoms with van der Waals surface area (Å²) in [5.74, 6) is 0.816. The number of hydrogen-bond donors (Lipinski definition) is 1. The molecule has 0 saturated heterocycles. The first-order chi connectivity index (χ1) is 10.3. The van der Waals surface area contributed by atoms with Gasteiger partial charge < -0.3 is 5.32 Å². The Morgan fingerprint density at radius 2 is 2.10 bits per heavy atom. The highest BCUT2D eigenvalue weighted by atomic mass is 35.5. The van der Waals surface area contributed by atoms with E-state index in [9.17, 15) is 0 Å². The summed E-state index contributed by atoms with van der Waals surface area (Å²) in [5.41, 5.74) is 0. The van der Waals surface area contributed by atoms with Crippen LogP contribution in [0.25, 0.3) is 0 Å². The molecule has 2 aromatic heterocycles. The Balaban J connectivity index is 1.82. The first-order valence-electron chi connectivity index (χ1n) is 7.82. The molecule has 114 valence electrons. The molecule has 1 nitrogen and oxygen atoms in total. The molecule has 2 aromatic rings. The minimum absolute atomic E-state index is 0.305. The summed E-state index contributed by atoms with van der Waals surface area (Å²) in [4.78, 5) is 2.73. The molecule has 0 aromatic carbocycles. The van der Waals surface area contributed by atoms with Gasteiger partial charge in [-0.3, -0.25) is 0 Å². The summed E-state index contributed by atoms with van der Waals surface area (Å²) in [6, 6.07) is 9.51. The van der Waals surface area contributed by atoms with Gasteiger partial charge in [0.05, 0.1) is 10.4 Å². The third kappa shape index (κ3) is 3.70. The number of thiophene rings is 2. The maximum absolute atomic E-state index is 6.16. The van der Waals surface area contributed by atoms with Crippen molar-refractivity contribution in [3.63, 3.8) is 0 Å². The molecule has 3 rings (SSSR count). The minimum atomic E-state index is 0.305. The highest BCUT2D eigenvalue weighted by molar-refractivity contribution is 7.16. The smallest absolute Gasteiger partial charge is 0.0931 e.